The van der Waals surface area contributed by atoms with E-state index in [0.29, 0.717) is 16.9 Å². The number of hydrogen-bond donors (Lipinski definition) is 1. The van der Waals surface area contributed by atoms with Gasteiger partial charge in [0.05, 0.1) is 5.69 Å². The third-order valence-electron chi connectivity index (χ3n) is 4.40. The first kappa shape index (κ1) is 17.8. The van der Waals surface area contributed by atoms with E-state index in [1.165, 1.54) is 12.1 Å². The molecule has 0 saturated carbocycles. The average Bonchev–Trinajstić information content (AvgIpc) is 3.08. The van der Waals surface area contributed by atoms with E-state index in [-0.39, 0.29) is 18.1 Å². The van der Waals surface area contributed by atoms with Crippen molar-refractivity contribution in [2.24, 2.45) is 0 Å². The molecule has 0 fully saturated rings. The van der Waals surface area contributed by atoms with Crippen LogP contribution in [0.15, 0.2) is 77.2 Å². The normalized spacial score (nSPS) is 10.8. The van der Waals surface area contributed by atoms with Crippen LogP contribution in [0.1, 0.15) is 21.7 Å². The first-order valence-corrected chi connectivity index (χ1v) is 8.87. The third-order valence-corrected chi connectivity index (χ3v) is 4.40. The Labute approximate surface area is 161 Å². The highest BCUT2D eigenvalue weighted by atomic mass is 19.1. The summed E-state index contributed by atoms with van der Waals surface area (Å²) in [5, 5.41) is 3.38. The molecule has 0 bridgehead atoms. The Morgan fingerprint density at radius 1 is 1.04 bits per heavy atom. The maximum absolute atomic E-state index is 14.1. The van der Waals surface area contributed by atoms with Gasteiger partial charge in [0.2, 0.25) is 0 Å². The number of halogens is 1. The van der Waals surface area contributed by atoms with Crippen LogP contribution >= 0.6 is 0 Å². The van der Waals surface area contributed by atoms with Crippen LogP contribution in [0.5, 0.6) is 5.75 Å². The van der Waals surface area contributed by atoms with E-state index in [0.717, 1.165) is 10.9 Å². The largest absolute Gasteiger partial charge is 0.489 e. The fourth-order valence-corrected chi connectivity index (χ4v) is 3.00. The zero-order valence-electron chi connectivity index (χ0n) is 15.2. The lowest BCUT2D eigenvalue weighted by atomic mass is 10.1. The van der Waals surface area contributed by atoms with Gasteiger partial charge in [-0.15, -0.1) is 0 Å². The molecular weight excluding hydrogens is 357 g/mol. The lowest BCUT2D eigenvalue weighted by Gasteiger charge is -2.08. The van der Waals surface area contributed by atoms with Crippen LogP contribution in [-0.2, 0) is 6.61 Å². The first-order chi connectivity index (χ1) is 13.6. The first-order valence-electron chi connectivity index (χ1n) is 8.87. The Morgan fingerprint density at radius 3 is 2.57 bits per heavy atom. The van der Waals surface area contributed by atoms with Gasteiger partial charge in [-0.25, -0.2) is 4.39 Å². The fourth-order valence-electron chi connectivity index (χ4n) is 3.00. The second-order valence-electron chi connectivity index (χ2n) is 6.45. The summed E-state index contributed by atoms with van der Waals surface area (Å²) in [6.07, 6.45) is 0. The van der Waals surface area contributed by atoms with Crippen molar-refractivity contribution in [3.05, 3.63) is 95.5 Å². The number of nitrogens with one attached hydrogen (secondary N) is 1. The Hall–Kier alpha value is -3.60. The number of aryl methyl sites for hydroxylation is 1. The van der Waals surface area contributed by atoms with Crippen LogP contribution in [0, 0.1) is 12.7 Å². The highest BCUT2D eigenvalue weighted by Crippen LogP contribution is 2.28. The quantitative estimate of drug-likeness (QED) is 0.486. The molecule has 0 aliphatic heterocycles. The molecule has 3 aromatic carbocycles. The fraction of sp³-hybridized carbons (Fsp3) is 0.0870. The minimum Gasteiger partial charge on any atom is -0.489 e. The highest BCUT2D eigenvalue weighted by Gasteiger charge is 2.22. The van der Waals surface area contributed by atoms with Gasteiger partial charge in [-0.3, -0.25) is 4.79 Å². The molecule has 5 heteroatoms. The van der Waals surface area contributed by atoms with Gasteiger partial charge in [0.25, 0.3) is 5.91 Å². The molecule has 140 valence electrons. The second kappa shape index (κ2) is 7.56. The van der Waals surface area contributed by atoms with Crippen molar-refractivity contribution in [1.29, 1.82) is 0 Å². The predicted octanol–water partition coefficient (Wildman–Crippen LogP) is 5.71. The topological polar surface area (TPSA) is 51.5 Å². The number of benzene rings is 3. The molecule has 1 N–H and O–H groups in total. The van der Waals surface area contributed by atoms with Crippen molar-refractivity contribution in [3.8, 4) is 5.75 Å². The number of para-hydroxylation sites is 2. The lowest BCUT2D eigenvalue weighted by Crippen LogP contribution is -2.15. The Morgan fingerprint density at radius 2 is 1.79 bits per heavy atom. The molecule has 1 heterocycles. The van der Waals surface area contributed by atoms with E-state index in [1.54, 1.807) is 19.1 Å². The van der Waals surface area contributed by atoms with Crippen LogP contribution in [-0.4, -0.2) is 5.91 Å². The minimum absolute atomic E-state index is 0.103. The minimum atomic E-state index is -0.523. The van der Waals surface area contributed by atoms with E-state index in [4.69, 9.17) is 9.15 Å². The number of fused-ring (bicyclic) bond motifs is 1. The van der Waals surface area contributed by atoms with Crippen molar-refractivity contribution < 1.29 is 18.3 Å². The highest BCUT2D eigenvalue weighted by molar-refractivity contribution is 6.06. The molecule has 0 aliphatic rings. The van der Waals surface area contributed by atoms with Crippen molar-refractivity contribution in [2.75, 3.05) is 5.32 Å². The number of hydrogen-bond acceptors (Lipinski definition) is 3. The van der Waals surface area contributed by atoms with Crippen molar-refractivity contribution in [1.82, 2.24) is 0 Å². The average molecular weight is 375 g/mol. The number of amides is 1. The van der Waals surface area contributed by atoms with E-state index in [1.807, 2.05) is 48.5 Å². The maximum Gasteiger partial charge on any atom is 0.291 e. The summed E-state index contributed by atoms with van der Waals surface area (Å²) in [6.45, 7) is 1.94. The number of carbonyl (C=O) groups is 1. The van der Waals surface area contributed by atoms with Crippen LogP contribution < -0.4 is 10.1 Å². The van der Waals surface area contributed by atoms with Crippen LogP contribution in [0.2, 0.25) is 0 Å². The summed E-state index contributed by atoms with van der Waals surface area (Å²) in [5.41, 5.74) is 2.07. The number of anilines is 1. The summed E-state index contributed by atoms with van der Waals surface area (Å²) in [7, 11) is 0. The summed E-state index contributed by atoms with van der Waals surface area (Å²) < 4.78 is 25.7. The molecule has 1 amide bonds. The van der Waals surface area contributed by atoms with Crippen LogP contribution in [0.4, 0.5) is 10.1 Å². The van der Waals surface area contributed by atoms with Gasteiger partial charge in [-0.1, -0.05) is 42.5 Å². The van der Waals surface area contributed by atoms with Gasteiger partial charge in [-0.2, -0.15) is 0 Å². The molecule has 4 nitrogen and oxygen atoms in total. The third kappa shape index (κ3) is 3.60. The molecule has 0 radical (unpaired) electrons. The molecule has 0 aliphatic carbocycles. The molecule has 1 aromatic heterocycles. The van der Waals surface area contributed by atoms with Crippen LogP contribution in [0.3, 0.4) is 0 Å². The molecule has 0 unspecified atom stereocenters. The van der Waals surface area contributed by atoms with Gasteiger partial charge in [0.1, 0.15) is 23.8 Å². The molecule has 0 atom stereocenters. The summed E-state index contributed by atoms with van der Waals surface area (Å²) in [4.78, 5) is 12.8. The molecule has 0 spiro atoms. The van der Waals surface area contributed by atoms with Gasteiger partial charge in [-0.05, 0) is 42.8 Å². The Balaban J connectivity index is 1.66. The van der Waals surface area contributed by atoms with Crippen molar-refractivity contribution in [2.45, 2.75) is 13.5 Å². The number of carbonyl (C=O) groups excluding carboxylic acids is 1. The Kier molecular flexibility index (Phi) is 4.81. The number of ether oxygens (including phenoxy) is 1. The molecule has 4 aromatic rings. The van der Waals surface area contributed by atoms with Crippen LogP contribution in [0.25, 0.3) is 11.0 Å². The van der Waals surface area contributed by atoms with E-state index in [2.05, 4.69) is 5.32 Å². The predicted molar refractivity (Wildman–Crippen MR) is 106 cm³/mol. The van der Waals surface area contributed by atoms with Crippen molar-refractivity contribution in [3.63, 3.8) is 0 Å². The van der Waals surface area contributed by atoms with Gasteiger partial charge in [0, 0.05) is 10.9 Å². The van der Waals surface area contributed by atoms with E-state index < -0.39 is 11.7 Å². The summed E-state index contributed by atoms with van der Waals surface area (Å²) in [5.74, 6) is -0.224. The van der Waals surface area contributed by atoms with E-state index in [9.17, 15) is 9.18 Å². The smallest absolute Gasteiger partial charge is 0.291 e. The Bertz CT molecular complexity index is 1140. The SMILES string of the molecule is Cc1ccc(NC(=O)c2oc3ccccc3c2COc2ccccc2)c(F)c1. The summed E-state index contributed by atoms with van der Waals surface area (Å²) in [6, 6.07) is 21.3. The zero-order chi connectivity index (χ0) is 19.5. The monoisotopic (exact) mass is 375 g/mol. The van der Waals surface area contributed by atoms with Gasteiger partial charge >= 0.3 is 0 Å². The molecular formula is C23H18FNO3. The molecule has 0 saturated heterocycles. The molecule has 4 rings (SSSR count). The van der Waals surface area contributed by atoms with Gasteiger partial charge < -0.3 is 14.5 Å². The van der Waals surface area contributed by atoms with E-state index >= 15 is 0 Å². The number of rotatable bonds is 5. The summed E-state index contributed by atoms with van der Waals surface area (Å²) >= 11 is 0. The van der Waals surface area contributed by atoms with Gasteiger partial charge in [0.15, 0.2) is 5.76 Å². The maximum atomic E-state index is 14.1. The lowest BCUT2D eigenvalue weighted by molar-refractivity contribution is 0.0995. The molecule has 28 heavy (non-hydrogen) atoms. The van der Waals surface area contributed by atoms with Crippen molar-refractivity contribution >= 4 is 22.6 Å². The standard InChI is InChI=1S/C23H18FNO3/c1-15-11-12-20(19(24)13-15)25-23(26)22-18(14-27-16-7-3-2-4-8-16)17-9-5-6-10-21(17)28-22/h2-13H,14H2,1H3,(H,25,26). The zero-order valence-corrected chi connectivity index (χ0v) is 15.2. The second-order valence-corrected chi connectivity index (χ2v) is 6.45. The number of furan rings is 1.